The van der Waals surface area contributed by atoms with E-state index in [2.05, 4.69) is 31.0 Å². The van der Waals surface area contributed by atoms with Gasteiger partial charge in [-0.05, 0) is 26.3 Å². The van der Waals surface area contributed by atoms with Crippen molar-refractivity contribution in [2.45, 2.75) is 32.2 Å². The lowest BCUT2D eigenvalue weighted by atomic mass is 10.4. The van der Waals surface area contributed by atoms with E-state index in [4.69, 9.17) is 0 Å². The second kappa shape index (κ2) is 3.77. The number of hydrogen-bond acceptors (Lipinski definition) is 1. The molecule has 1 nitrogen and oxygen atoms in total. The lowest BCUT2D eigenvalue weighted by Crippen LogP contribution is -2.20. The molecule has 0 unspecified atom stereocenters. The van der Waals surface area contributed by atoms with Crippen molar-refractivity contribution in [2.75, 3.05) is 13.6 Å². The van der Waals surface area contributed by atoms with Gasteiger partial charge in [0.05, 0.1) is 0 Å². The molecule has 0 saturated heterocycles. The van der Waals surface area contributed by atoms with Gasteiger partial charge in [-0.3, -0.25) is 4.90 Å². The molecule has 1 rings (SSSR count). The third-order valence-electron chi connectivity index (χ3n) is 1.97. The molecule has 0 aromatic rings. The van der Waals surface area contributed by atoms with Crippen LogP contribution < -0.4 is 0 Å². The van der Waals surface area contributed by atoms with Gasteiger partial charge in [-0.25, -0.2) is 0 Å². The van der Waals surface area contributed by atoms with Gasteiger partial charge in [0.2, 0.25) is 0 Å². The summed E-state index contributed by atoms with van der Waals surface area (Å²) in [5.74, 6) is 0. The molecule has 0 N–H and O–H groups in total. The smallest absolute Gasteiger partial charge is 0.0163 e. The lowest BCUT2D eigenvalue weighted by Gasteiger charge is -2.11. The molecule has 58 valence electrons. The van der Waals surface area contributed by atoms with Crippen molar-refractivity contribution in [1.82, 2.24) is 4.90 Å². The second-order valence-electron chi connectivity index (χ2n) is 3.05. The van der Waals surface area contributed by atoms with Crippen LogP contribution in [-0.2, 0) is 0 Å². The van der Waals surface area contributed by atoms with Crippen molar-refractivity contribution in [3.8, 4) is 0 Å². The van der Waals surface area contributed by atoms with E-state index in [1.165, 1.54) is 19.3 Å². The quantitative estimate of drug-likeness (QED) is 0.539. The number of hydrogen-bond donors (Lipinski definition) is 0. The van der Waals surface area contributed by atoms with E-state index in [0.717, 1.165) is 12.6 Å². The van der Waals surface area contributed by atoms with Gasteiger partial charge >= 0.3 is 0 Å². The molecule has 0 aromatic heterocycles. The van der Waals surface area contributed by atoms with Crippen molar-refractivity contribution in [3.63, 3.8) is 0 Å². The molecule has 1 saturated carbocycles. The lowest BCUT2D eigenvalue weighted by molar-refractivity contribution is 0.360. The number of nitrogens with zero attached hydrogens (tertiary/aromatic N) is 1. The first-order valence-corrected chi connectivity index (χ1v) is 4.20. The molecular weight excluding hydrogens is 122 g/mol. The molecule has 1 aliphatic rings. The Morgan fingerprint density at radius 1 is 1.40 bits per heavy atom. The fraction of sp³-hybridized carbons (Fsp3) is 0.778. The van der Waals surface area contributed by atoms with Crippen LogP contribution >= 0.6 is 0 Å². The third kappa shape index (κ3) is 2.53. The molecule has 0 aromatic carbocycles. The van der Waals surface area contributed by atoms with Gasteiger partial charge in [0.15, 0.2) is 0 Å². The molecule has 0 heterocycles. The summed E-state index contributed by atoms with van der Waals surface area (Å²) >= 11 is 0. The molecule has 0 atom stereocenters. The zero-order valence-electron chi connectivity index (χ0n) is 7.01. The van der Waals surface area contributed by atoms with Gasteiger partial charge in [-0.15, -0.1) is 0 Å². The van der Waals surface area contributed by atoms with Gasteiger partial charge in [-0.2, -0.15) is 0 Å². The second-order valence-corrected chi connectivity index (χ2v) is 3.05. The summed E-state index contributed by atoms with van der Waals surface area (Å²) in [7, 11) is 2.21. The molecule has 1 fully saturated rings. The predicted molar refractivity (Wildman–Crippen MR) is 45.1 cm³/mol. The normalized spacial score (nSPS) is 19.1. The maximum atomic E-state index is 2.42. The average Bonchev–Trinajstić information content (AvgIpc) is 2.69. The van der Waals surface area contributed by atoms with E-state index < -0.39 is 0 Å². The molecule has 0 radical (unpaired) electrons. The summed E-state index contributed by atoms with van der Waals surface area (Å²) in [6.07, 6.45) is 8.49. The summed E-state index contributed by atoms with van der Waals surface area (Å²) in [4.78, 5) is 2.42. The van der Waals surface area contributed by atoms with Crippen LogP contribution in [0.15, 0.2) is 12.2 Å². The van der Waals surface area contributed by atoms with Crippen molar-refractivity contribution in [3.05, 3.63) is 12.2 Å². The van der Waals surface area contributed by atoms with Crippen LogP contribution in [0.5, 0.6) is 0 Å². The zero-order valence-corrected chi connectivity index (χ0v) is 7.01. The summed E-state index contributed by atoms with van der Waals surface area (Å²) < 4.78 is 0. The van der Waals surface area contributed by atoms with Crippen LogP contribution in [0.25, 0.3) is 0 Å². The highest BCUT2D eigenvalue weighted by molar-refractivity contribution is 4.89. The first-order chi connectivity index (χ1) is 4.84. The first kappa shape index (κ1) is 7.80. The largest absolute Gasteiger partial charge is 0.300 e. The fourth-order valence-corrected chi connectivity index (χ4v) is 1.07. The van der Waals surface area contributed by atoms with Crippen molar-refractivity contribution in [1.29, 1.82) is 0 Å². The number of likely N-dealkylation sites (N-methyl/N-ethyl adjacent to an activating group) is 1. The third-order valence-corrected chi connectivity index (χ3v) is 1.97. The Kier molecular flexibility index (Phi) is 2.94. The topological polar surface area (TPSA) is 3.24 Å². The maximum Gasteiger partial charge on any atom is 0.0163 e. The zero-order chi connectivity index (χ0) is 7.40. The van der Waals surface area contributed by atoms with E-state index >= 15 is 0 Å². The van der Waals surface area contributed by atoms with E-state index in [0.29, 0.717) is 0 Å². The Morgan fingerprint density at radius 3 is 2.60 bits per heavy atom. The predicted octanol–water partition coefficient (Wildman–Crippen LogP) is 2.05. The molecule has 1 heteroatoms. The Morgan fingerprint density at radius 2 is 2.10 bits per heavy atom. The Bertz CT molecular complexity index is 114. The standard InChI is InChI=1S/C9H17N/c1-3-4-5-8-10(2)9-6-7-9/h4-5,9H,3,6-8H2,1-2H3. The van der Waals surface area contributed by atoms with Crippen LogP contribution in [0.1, 0.15) is 26.2 Å². The van der Waals surface area contributed by atoms with Crippen molar-refractivity contribution >= 4 is 0 Å². The van der Waals surface area contributed by atoms with Gasteiger partial charge in [-0.1, -0.05) is 19.1 Å². The molecule has 1 aliphatic carbocycles. The fourth-order valence-electron chi connectivity index (χ4n) is 1.07. The molecule has 10 heavy (non-hydrogen) atoms. The minimum absolute atomic E-state index is 0.904. The Hall–Kier alpha value is -0.300. The summed E-state index contributed by atoms with van der Waals surface area (Å²) in [6.45, 7) is 3.31. The highest BCUT2D eigenvalue weighted by Crippen LogP contribution is 2.24. The van der Waals surface area contributed by atoms with Gasteiger partial charge < -0.3 is 0 Å². The minimum atomic E-state index is 0.904. The van der Waals surface area contributed by atoms with E-state index in [1.807, 2.05) is 0 Å². The van der Waals surface area contributed by atoms with Crippen LogP contribution in [0.4, 0.5) is 0 Å². The van der Waals surface area contributed by atoms with Crippen molar-refractivity contribution < 1.29 is 0 Å². The van der Waals surface area contributed by atoms with Crippen LogP contribution in [0.2, 0.25) is 0 Å². The molecule has 0 bridgehead atoms. The van der Waals surface area contributed by atoms with E-state index in [1.54, 1.807) is 0 Å². The Labute approximate surface area is 63.7 Å². The van der Waals surface area contributed by atoms with Crippen LogP contribution in [0, 0.1) is 0 Å². The molecule has 0 spiro atoms. The van der Waals surface area contributed by atoms with Crippen LogP contribution in [-0.4, -0.2) is 24.5 Å². The molecule has 0 amide bonds. The van der Waals surface area contributed by atoms with Gasteiger partial charge in [0.25, 0.3) is 0 Å². The van der Waals surface area contributed by atoms with E-state index in [-0.39, 0.29) is 0 Å². The monoisotopic (exact) mass is 139 g/mol. The van der Waals surface area contributed by atoms with Gasteiger partial charge in [0, 0.05) is 12.6 Å². The summed E-state index contributed by atoms with van der Waals surface area (Å²) in [5, 5.41) is 0. The summed E-state index contributed by atoms with van der Waals surface area (Å²) in [6, 6.07) is 0.904. The van der Waals surface area contributed by atoms with Crippen molar-refractivity contribution in [2.24, 2.45) is 0 Å². The maximum absolute atomic E-state index is 2.42. The van der Waals surface area contributed by atoms with Gasteiger partial charge in [0.1, 0.15) is 0 Å². The molecular formula is C9H17N. The molecule has 0 aliphatic heterocycles. The van der Waals surface area contributed by atoms with E-state index in [9.17, 15) is 0 Å². The Balaban J connectivity index is 2.05. The number of allylic oxidation sites excluding steroid dienone is 1. The summed E-state index contributed by atoms with van der Waals surface area (Å²) in [5.41, 5.74) is 0. The first-order valence-electron chi connectivity index (χ1n) is 4.20. The average molecular weight is 139 g/mol. The highest BCUT2D eigenvalue weighted by Gasteiger charge is 2.24. The van der Waals surface area contributed by atoms with Crippen LogP contribution in [0.3, 0.4) is 0 Å². The SMILES string of the molecule is CCC=CCN(C)C1CC1. The highest BCUT2D eigenvalue weighted by atomic mass is 15.1. The number of rotatable bonds is 4. The minimum Gasteiger partial charge on any atom is -0.300 e.